The molecule has 0 aliphatic rings. The Hall–Kier alpha value is -2.79. The summed E-state index contributed by atoms with van der Waals surface area (Å²) >= 11 is 0. The first-order chi connectivity index (χ1) is 15.4. The summed E-state index contributed by atoms with van der Waals surface area (Å²) < 4.78 is 5.14. The van der Waals surface area contributed by atoms with Crippen LogP contribution < -0.4 is 16.4 Å². The average Bonchev–Trinajstić information content (AvgIpc) is 2.73. The first-order valence-electron chi connectivity index (χ1n) is 11.5. The summed E-state index contributed by atoms with van der Waals surface area (Å²) in [6.07, 6.45) is 2.19. The van der Waals surface area contributed by atoms with Crippen molar-refractivity contribution in [2.45, 2.75) is 83.7 Å². The fourth-order valence-electron chi connectivity index (χ4n) is 2.60. The van der Waals surface area contributed by atoms with Gasteiger partial charge in [0.1, 0.15) is 20.7 Å². The van der Waals surface area contributed by atoms with E-state index in [0.717, 1.165) is 18.4 Å². The molecule has 0 bridgehead atoms. The minimum absolute atomic E-state index is 0.124. The van der Waals surface area contributed by atoms with Crippen LogP contribution in [0.3, 0.4) is 0 Å². The lowest BCUT2D eigenvalue weighted by atomic mass is 10.1. The number of benzene rings is 1. The molecule has 1 atom stereocenters. The summed E-state index contributed by atoms with van der Waals surface area (Å²) in [6.45, 7) is 11.6. The van der Waals surface area contributed by atoms with Gasteiger partial charge in [0.2, 0.25) is 11.8 Å². The first kappa shape index (κ1) is 28.2. The van der Waals surface area contributed by atoms with Crippen molar-refractivity contribution >= 4 is 26.0 Å². The maximum Gasteiger partial charge on any atom is 0.407 e. The minimum atomic E-state index is -1.78. The SMILES string of the molecule is CC(C)(C)[Si](C)(C)C#CC[C@@H](NC(=O)CCCCCNC(=O)OCc1ccccc1)C(N)=O. The Morgan fingerprint density at radius 1 is 1.09 bits per heavy atom. The van der Waals surface area contributed by atoms with E-state index in [2.05, 4.69) is 56.0 Å². The number of alkyl carbamates (subject to hydrolysis) is 1. The highest BCUT2D eigenvalue weighted by molar-refractivity contribution is 6.87. The second-order valence-electron chi connectivity index (χ2n) is 9.70. The van der Waals surface area contributed by atoms with Gasteiger partial charge >= 0.3 is 6.09 Å². The molecule has 182 valence electrons. The highest BCUT2D eigenvalue weighted by Gasteiger charge is 2.33. The summed E-state index contributed by atoms with van der Waals surface area (Å²) in [6, 6.07) is 8.69. The molecule has 0 spiro atoms. The van der Waals surface area contributed by atoms with Crippen molar-refractivity contribution in [3.63, 3.8) is 0 Å². The first-order valence-corrected chi connectivity index (χ1v) is 14.5. The van der Waals surface area contributed by atoms with Gasteiger partial charge in [0.15, 0.2) is 0 Å². The number of rotatable bonds is 11. The van der Waals surface area contributed by atoms with Gasteiger partial charge in [-0.1, -0.05) is 70.6 Å². The quantitative estimate of drug-likeness (QED) is 0.257. The van der Waals surface area contributed by atoms with Gasteiger partial charge in [-0.25, -0.2) is 4.79 Å². The van der Waals surface area contributed by atoms with Crippen molar-refractivity contribution in [2.24, 2.45) is 5.73 Å². The molecule has 3 amide bonds. The van der Waals surface area contributed by atoms with Crippen LogP contribution in [-0.2, 0) is 20.9 Å². The molecule has 0 saturated carbocycles. The van der Waals surface area contributed by atoms with E-state index in [0.29, 0.717) is 13.0 Å². The maximum atomic E-state index is 12.2. The van der Waals surface area contributed by atoms with Crippen molar-refractivity contribution < 1.29 is 19.1 Å². The van der Waals surface area contributed by atoms with Crippen molar-refractivity contribution in [1.29, 1.82) is 0 Å². The Labute approximate surface area is 199 Å². The van der Waals surface area contributed by atoms with E-state index in [9.17, 15) is 14.4 Å². The Bertz CT molecular complexity index is 839. The molecule has 0 fully saturated rings. The van der Waals surface area contributed by atoms with E-state index in [1.54, 1.807) is 0 Å². The molecule has 0 aliphatic heterocycles. The van der Waals surface area contributed by atoms with Gasteiger partial charge in [-0.15, -0.1) is 11.5 Å². The number of carbonyl (C=O) groups is 3. The second-order valence-corrected chi connectivity index (χ2v) is 14.7. The number of hydrogen-bond donors (Lipinski definition) is 3. The van der Waals surface area contributed by atoms with Crippen LogP contribution >= 0.6 is 0 Å². The molecule has 0 radical (unpaired) electrons. The number of carbonyl (C=O) groups excluding carboxylic acids is 3. The van der Waals surface area contributed by atoms with Gasteiger partial charge in [0.25, 0.3) is 0 Å². The number of hydrogen-bond acceptors (Lipinski definition) is 4. The number of amides is 3. The van der Waals surface area contributed by atoms with Crippen LogP contribution in [0.5, 0.6) is 0 Å². The van der Waals surface area contributed by atoms with Crippen molar-refractivity contribution in [3.8, 4) is 11.5 Å². The van der Waals surface area contributed by atoms with Gasteiger partial charge in [0.05, 0.1) is 0 Å². The van der Waals surface area contributed by atoms with Gasteiger partial charge in [0, 0.05) is 19.4 Å². The topological polar surface area (TPSA) is 111 Å². The summed E-state index contributed by atoms with van der Waals surface area (Å²) in [5.74, 6) is 2.28. The lowest BCUT2D eigenvalue weighted by Gasteiger charge is -2.31. The lowest BCUT2D eigenvalue weighted by Crippen LogP contribution is -2.44. The predicted octanol–water partition coefficient (Wildman–Crippen LogP) is 3.88. The van der Waals surface area contributed by atoms with Crippen LogP contribution in [0, 0.1) is 11.5 Å². The summed E-state index contributed by atoms with van der Waals surface area (Å²) in [5.41, 5.74) is 9.71. The lowest BCUT2D eigenvalue weighted by molar-refractivity contribution is -0.127. The zero-order chi connectivity index (χ0) is 24.9. The van der Waals surface area contributed by atoms with E-state index >= 15 is 0 Å². The van der Waals surface area contributed by atoms with Gasteiger partial charge < -0.3 is 21.1 Å². The molecule has 0 aromatic heterocycles. The van der Waals surface area contributed by atoms with Crippen LogP contribution in [0.25, 0.3) is 0 Å². The molecular weight excluding hydrogens is 434 g/mol. The molecule has 0 aliphatic carbocycles. The van der Waals surface area contributed by atoms with Crippen LogP contribution in [-0.4, -0.2) is 38.6 Å². The van der Waals surface area contributed by atoms with E-state index in [1.165, 1.54) is 0 Å². The second kappa shape index (κ2) is 13.7. The monoisotopic (exact) mass is 473 g/mol. The third-order valence-corrected chi connectivity index (χ3v) is 10.4. The van der Waals surface area contributed by atoms with E-state index < -0.39 is 26.1 Å². The summed E-state index contributed by atoms with van der Waals surface area (Å²) in [4.78, 5) is 35.6. The highest BCUT2D eigenvalue weighted by atomic mass is 28.3. The Kier molecular flexibility index (Phi) is 11.7. The number of primary amides is 1. The molecular formula is C25H39N3O4Si. The molecule has 1 aromatic carbocycles. The molecule has 7 nitrogen and oxygen atoms in total. The Balaban J connectivity index is 2.25. The maximum absolute atomic E-state index is 12.2. The molecule has 0 heterocycles. The van der Waals surface area contributed by atoms with Gasteiger partial charge in [-0.05, 0) is 23.4 Å². The standard InChI is InChI=1S/C25H39N3O4Si/c1-25(2,3)33(4,5)18-12-15-21(23(26)30)28-22(29)16-10-7-11-17-27-24(31)32-19-20-13-8-6-9-14-20/h6,8-9,13-14,21H,7,10-11,15-17,19H2,1-5H3,(H2,26,30)(H,27,31)(H,28,29)/t21-/m1/s1. The third-order valence-electron chi connectivity index (χ3n) is 5.82. The van der Waals surface area contributed by atoms with Crippen molar-refractivity contribution in [1.82, 2.24) is 10.6 Å². The van der Waals surface area contributed by atoms with E-state index in [-0.39, 0.29) is 30.4 Å². The molecule has 1 aromatic rings. The zero-order valence-corrected chi connectivity index (χ0v) is 21.6. The minimum Gasteiger partial charge on any atom is -0.445 e. The molecule has 8 heteroatoms. The third kappa shape index (κ3) is 11.6. The highest BCUT2D eigenvalue weighted by Crippen LogP contribution is 2.35. The van der Waals surface area contributed by atoms with E-state index in [1.807, 2.05) is 30.3 Å². The molecule has 0 saturated heterocycles. The fraction of sp³-hybridized carbons (Fsp3) is 0.560. The Morgan fingerprint density at radius 2 is 1.76 bits per heavy atom. The van der Waals surface area contributed by atoms with E-state index in [4.69, 9.17) is 10.5 Å². The van der Waals surface area contributed by atoms with Crippen molar-refractivity contribution in [3.05, 3.63) is 35.9 Å². The largest absolute Gasteiger partial charge is 0.445 e. The predicted molar refractivity (Wildman–Crippen MR) is 134 cm³/mol. The Morgan fingerprint density at radius 3 is 2.36 bits per heavy atom. The van der Waals surface area contributed by atoms with Gasteiger partial charge in [-0.2, -0.15) is 0 Å². The van der Waals surface area contributed by atoms with Crippen LogP contribution in [0.15, 0.2) is 30.3 Å². The summed E-state index contributed by atoms with van der Waals surface area (Å²) in [7, 11) is -1.78. The fourth-order valence-corrected chi connectivity index (χ4v) is 3.52. The number of unbranched alkanes of at least 4 members (excludes halogenated alkanes) is 2. The van der Waals surface area contributed by atoms with Gasteiger partial charge in [-0.3, -0.25) is 9.59 Å². The average molecular weight is 474 g/mol. The number of ether oxygens (including phenoxy) is 1. The summed E-state index contributed by atoms with van der Waals surface area (Å²) in [5, 5.41) is 5.52. The molecule has 4 N–H and O–H groups in total. The van der Waals surface area contributed by atoms with Crippen LogP contribution in [0.2, 0.25) is 18.1 Å². The molecule has 33 heavy (non-hydrogen) atoms. The normalized spacial score (nSPS) is 12.2. The smallest absolute Gasteiger partial charge is 0.407 e. The molecule has 1 rings (SSSR count). The van der Waals surface area contributed by atoms with Crippen LogP contribution in [0.4, 0.5) is 4.79 Å². The van der Waals surface area contributed by atoms with Crippen LogP contribution in [0.1, 0.15) is 58.4 Å². The van der Waals surface area contributed by atoms with Crippen molar-refractivity contribution in [2.75, 3.05) is 6.54 Å². The zero-order valence-electron chi connectivity index (χ0n) is 20.6. The number of nitrogens with two attached hydrogens (primary N) is 1. The molecule has 0 unspecified atom stereocenters. The number of nitrogens with one attached hydrogen (secondary N) is 2.